The van der Waals surface area contributed by atoms with Gasteiger partial charge in [0, 0.05) is 5.92 Å². The minimum atomic E-state index is 0.343. The number of hydrogen-bond acceptors (Lipinski definition) is 1. The van der Waals surface area contributed by atoms with Gasteiger partial charge in [0.15, 0.2) is 0 Å². The van der Waals surface area contributed by atoms with Crippen molar-refractivity contribution in [1.82, 2.24) is 0 Å². The summed E-state index contributed by atoms with van der Waals surface area (Å²) >= 11 is 0. The Balaban J connectivity index is 1.49. The normalized spacial score (nSPS) is 61.9. The Morgan fingerprint density at radius 2 is 1.73 bits per heavy atom. The summed E-state index contributed by atoms with van der Waals surface area (Å²) in [6.07, 6.45) is 12.9. The second kappa shape index (κ2) is 4.01. The van der Waals surface area contributed by atoms with Gasteiger partial charge in [0.05, 0.1) is 0 Å². The number of hydrogen-bond donors (Lipinski definition) is 0. The average molecular weight is 300 g/mol. The van der Waals surface area contributed by atoms with E-state index < -0.39 is 0 Å². The van der Waals surface area contributed by atoms with Crippen LogP contribution >= 0.6 is 0 Å². The Labute approximate surface area is 135 Å². The molecule has 122 valence electrons. The van der Waals surface area contributed by atoms with E-state index in [0.717, 1.165) is 29.1 Å². The molecule has 0 aromatic carbocycles. The first-order chi connectivity index (χ1) is 10.4. The van der Waals surface area contributed by atoms with E-state index in [4.69, 9.17) is 0 Å². The molecule has 0 aromatic rings. The van der Waals surface area contributed by atoms with E-state index in [2.05, 4.69) is 13.8 Å². The molecule has 0 saturated heterocycles. The van der Waals surface area contributed by atoms with E-state index in [1.54, 1.807) is 6.42 Å². The van der Waals surface area contributed by atoms with Crippen molar-refractivity contribution in [3.63, 3.8) is 0 Å². The molecule has 0 radical (unpaired) electrons. The predicted octanol–water partition coefficient (Wildman–Crippen LogP) is 5.23. The highest BCUT2D eigenvalue weighted by atomic mass is 16.1. The first-order valence-electron chi connectivity index (χ1n) is 9.93. The van der Waals surface area contributed by atoms with E-state index in [-0.39, 0.29) is 0 Å². The fraction of sp³-hybridized carbons (Fsp3) is 0.952. The van der Waals surface area contributed by atoms with Crippen LogP contribution in [0.4, 0.5) is 0 Å². The second-order valence-electron chi connectivity index (χ2n) is 10.2. The zero-order valence-corrected chi connectivity index (χ0v) is 14.7. The van der Waals surface area contributed by atoms with Gasteiger partial charge in [0.1, 0.15) is 5.78 Å². The zero-order chi connectivity index (χ0) is 15.3. The Kier molecular flexibility index (Phi) is 2.56. The maximum Gasteiger partial charge on any atom is 0.133 e. The molecule has 5 saturated carbocycles. The highest BCUT2D eigenvalue weighted by Gasteiger charge is 2.73. The molecule has 0 aromatic heterocycles. The zero-order valence-electron chi connectivity index (χ0n) is 14.7. The molecule has 0 aliphatic heterocycles. The third-order valence-electron chi connectivity index (χ3n) is 10.1. The average Bonchev–Trinajstić information content (AvgIpc) is 2.94. The summed E-state index contributed by atoms with van der Waals surface area (Å²) in [6, 6.07) is 0. The highest BCUT2D eigenvalue weighted by Crippen LogP contribution is 2.81. The van der Waals surface area contributed by atoms with Crippen LogP contribution in [0, 0.1) is 45.8 Å². The van der Waals surface area contributed by atoms with Crippen LogP contribution in [-0.4, -0.2) is 5.78 Å². The van der Waals surface area contributed by atoms with Gasteiger partial charge in [-0.15, -0.1) is 0 Å². The smallest absolute Gasteiger partial charge is 0.133 e. The summed E-state index contributed by atoms with van der Waals surface area (Å²) in [5.74, 6) is 4.73. The Bertz CT molecular complexity index is 538. The summed E-state index contributed by atoms with van der Waals surface area (Å²) < 4.78 is 0. The van der Waals surface area contributed by atoms with Gasteiger partial charge in [0.25, 0.3) is 0 Å². The van der Waals surface area contributed by atoms with E-state index in [1.165, 1.54) is 51.4 Å². The molecular weight excluding hydrogens is 268 g/mol. The standard InChI is InChI=1S/C21H32O/c1-13(22)16-4-5-17-15-7-11-21-12-14(21)6-10-20(21,3)18(15)8-9-19(16,17)2/h14-18H,4-12H2,1-3H3/t14-,15+,16+,17-,18+,19+,20-,21+/m1/s1. The van der Waals surface area contributed by atoms with Crippen molar-refractivity contribution in [1.29, 1.82) is 0 Å². The molecule has 8 atom stereocenters. The molecule has 0 N–H and O–H groups in total. The molecule has 5 rings (SSSR count). The number of ketones is 1. The molecule has 1 heteroatoms. The molecular formula is C21H32O. The number of rotatable bonds is 1. The first-order valence-corrected chi connectivity index (χ1v) is 9.93. The third kappa shape index (κ3) is 1.37. The van der Waals surface area contributed by atoms with Gasteiger partial charge in [-0.25, -0.2) is 0 Å². The van der Waals surface area contributed by atoms with Crippen molar-refractivity contribution < 1.29 is 4.79 Å². The molecule has 0 unspecified atom stereocenters. The van der Waals surface area contributed by atoms with Crippen LogP contribution in [-0.2, 0) is 4.79 Å². The summed E-state index contributed by atoms with van der Waals surface area (Å²) in [6.45, 7) is 7.01. The molecule has 22 heavy (non-hydrogen) atoms. The monoisotopic (exact) mass is 300 g/mol. The molecule has 5 aliphatic carbocycles. The topological polar surface area (TPSA) is 17.1 Å². The molecule has 1 nitrogen and oxygen atoms in total. The minimum Gasteiger partial charge on any atom is -0.300 e. The third-order valence-corrected chi connectivity index (χ3v) is 10.1. The van der Waals surface area contributed by atoms with Crippen molar-refractivity contribution >= 4 is 5.78 Å². The van der Waals surface area contributed by atoms with E-state index >= 15 is 0 Å². The van der Waals surface area contributed by atoms with Crippen LogP contribution in [0.3, 0.4) is 0 Å². The highest BCUT2D eigenvalue weighted by molar-refractivity contribution is 5.79. The van der Waals surface area contributed by atoms with E-state index in [0.29, 0.717) is 22.5 Å². The van der Waals surface area contributed by atoms with Gasteiger partial charge in [-0.05, 0) is 105 Å². The number of carbonyl (C=O) groups is 1. The number of Topliss-reactive ketones (excluding diaryl/α,β-unsaturated/α-hetero) is 1. The lowest BCUT2D eigenvalue weighted by atomic mass is 9.46. The van der Waals surface area contributed by atoms with Gasteiger partial charge in [-0.3, -0.25) is 4.79 Å². The molecule has 0 amide bonds. The van der Waals surface area contributed by atoms with Crippen LogP contribution in [0.5, 0.6) is 0 Å². The molecule has 5 aliphatic rings. The van der Waals surface area contributed by atoms with Crippen LogP contribution in [0.2, 0.25) is 0 Å². The van der Waals surface area contributed by atoms with Gasteiger partial charge in [0.2, 0.25) is 0 Å². The van der Waals surface area contributed by atoms with Crippen LogP contribution in [0.1, 0.15) is 78.6 Å². The van der Waals surface area contributed by atoms with Crippen molar-refractivity contribution in [2.24, 2.45) is 45.8 Å². The van der Waals surface area contributed by atoms with Crippen molar-refractivity contribution in [2.75, 3.05) is 0 Å². The number of fused-ring (bicyclic) bond motifs is 4. The summed E-state index contributed by atoms with van der Waals surface area (Å²) in [5, 5.41) is 0. The lowest BCUT2D eigenvalue weighted by molar-refractivity contribution is -0.131. The lowest BCUT2D eigenvalue weighted by Crippen LogP contribution is -2.52. The summed E-state index contributed by atoms with van der Waals surface area (Å²) in [7, 11) is 0. The van der Waals surface area contributed by atoms with Crippen LogP contribution in [0.15, 0.2) is 0 Å². The largest absolute Gasteiger partial charge is 0.300 e. The fourth-order valence-electron chi connectivity index (χ4n) is 8.90. The molecule has 0 heterocycles. The van der Waals surface area contributed by atoms with Gasteiger partial charge < -0.3 is 0 Å². The maximum absolute atomic E-state index is 12.2. The van der Waals surface area contributed by atoms with E-state index in [1.807, 2.05) is 6.92 Å². The minimum absolute atomic E-state index is 0.343. The van der Waals surface area contributed by atoms with Crippen LogP contribution in [0.25, 0.3) is 0 Å². The second-order valence-corrected chi connectivity index (χ2v) is 10.2. The Hall–Kier alpha value is -0.330. The Morgan fingerprint density at radius 1 is 0.909 bits per heavy atom. The van der Waals surface area contributed by atoms with Crippen molar-refractivity contribution in [3.05, 3.63) is 0 Å². The Morgan fingerprint density at radius 3 is 2.45 bits per heavy atom. The number of carbonyl (C=O) groups excluding carboxylic acids is 1. The molecule has 0 bridgehead atoms. The quantitative estimate of drug-likeness (QED) is 0.647. The van der Waals surface area contributed by atoms with Crippen molar-refractivity contribution in [2.45, 2.75) is 78.6 Å². The van der Waals surface area contributed by atoms with Gasteiger partial charge in [-0.1, -0.05) is 13.8 Å². The summed E-state index contributed by atoms with van der Waals surface area (Å²) in [4.78, 5) is 12.2. The van der Waals surface area contributed by atoms with E-state index in [9.17, 15) is 4.79 Å². The van der Waals surface area contributed by atoms with Gasteiger partial charge in [-0.2, -0.15) is 0 Å². The predicted molar refractivity (Wildman–Crippen MR) is 88.3 cm³/mol. The SMILES string of the molecule is CC(=O)[C@@H]1CC[C@@H]2[C@@H]3CC[C@]45C[C@H]4CC[C@]5(C)[C@H]3CC[C@]21C. The molecule has 5 fully saturated rings. The lowest BCUT2D eigenvalue weighted by Gasteiger charge is -2.58. The fourth-order valence-corrected chi connectivity index (χ4v) is 8.90. The summed E-state index contributed by atoms with van der Waals surface area (Å²) in [5.41, 5.74) is 1.78. The van der Waals surface area contributed by atoms with Crippen molar-refractivity contribution in [3.8, 4) is 0 Å². The molecule has 1 spiro atoms. The first kappa shape index (κ1) is 14.1. The van der Waals surface area contributed by atoms with Crippen LogP contribution < -0.4 is 0 Å². The van der Waals surface area contributed by atoms with Gasteiger partial charge >= 0.3 is 0 Å². The maximum atomic E-state index is 12.2.